The van der Waals surface area contributed by atoms with Crippen LogP contribution in [0.15, 0.2) is 18.2 Å². The summed E-state index contributed by atoms with van der Waals surface area (Å²) < 4.78 is 13.7. The van der Waals surface area contributed by atoms with Crippen molar-refractivity contribution in [1.82, 2.24) is 4.90 Å². The van der Waals surface area contributed by atoms with Gasteiger partial charge in [-0.15, -0.1) is 0 Å². The summed E-state index contributed by atoms with van der Waals surface area (Å²) in [6.45, 7) is 2.08. The molecular weight excluding hydrogens is 289 g/mol. The van der Waals surface area contributed by atoms with Crippen molar-refractivity contribution < 1.29 is 14.0 Å². The average Bonchev–Trinajstić information content (AvgIpc) is 2.63. The van der Waals surface area contributed by atoms with Gasteiger partial charge in [-0.25, -0.2) is 4.39 Å². The number of halogens is 2. The van der Waals surface area contributed by atoms with E-state index in [1.165, 1.54) is 19.1 Å². The second kappa shape index (κ2) is 5.92. The highest BCUT2D eigenvalue weighted by molar-refractivity contribution is 8.14. The van der Waals surface area contributed by atoms with Crippen molar-refractivity contribution in [3.63, 3.8) is 0 Å². The molecule has 2 rings (SSSR count). The summed E-state index contributed by atoms with van der Waals surface area (Å²) in [5.41, 5.74) is 0.325. The molecule has 0 bridgehead atoms. The molecular formula is C13H13ClFNO2S. The first-order valence-corrected chi connectivity index (χ1v) is 7.11. The Bertz CT molecular complexity index is 503. The van der Waals surface area contributed by atoms with Gasteiger partial charge in [-0.2, -0.15) is 0 Å². The van der Waals surface area contributed by atoms with Gasteiger partial charge in [0.05, 0.1) is 6.54 Å². The van der Waals surface area contributed by atoms with Crippen molar-refractivity contribution in [3.8, 4) is 0 Å². The van der Waals surface area contributed by atoms with Gasteiger partial charge in [0.25, 0.3) is 0 Å². The minimum atomic E-state index is -0.414. The van der Waals surface area contributed by atoms with Gasteiger partial charge in [0.15, 0.2) is 5.12 Å². The molecule has 6 heteroatoms. The Morgan fingerprint density at radius 1 is 1.58 bits per heavy atom. The SMILES string of the molecule is CC(=O)SC1CC(=O)N(Cc2c(F)cccc2Cl)C1. The van der Waals surface area contributed by atoms with E-state index in [0.29, 0.717) is 23.6 Å². The highest BCUT2D eigenvalue weighted by Crippen LogP contribution is 2.28. The maximum atomic E-state index is 13.7. The standard InChI is InChI=1S/C13H13ClFNO2S/c1-8(17)19-9-5-13(18)16(6-9)7-10-11(14)3-2-4-12(10)15/h2-4,9H,5-7H2,1H3. The summed E-state index contributed by atoms with van der Waals surface area (Å²) >= 11 is 7.10. The van der Waals surface area contributed by atoms with Crippen molar-refractivity contribution in [2.45, 2.75) is 25.1 Å². The molecule has 1 aromatic carbocycles. The number of rotatable bonds is 3. The van der Waals surface area contributed by atoms with E-state index in [-0.39, 0.29) is 22.8 Å². The molecule has 1 aliphatic heterocycles. The number of carbonyl (C=O) groups excluding carboxylic acids is 2. The maximum Gasteiger partial charge on any atom is 0.224 e. The molecule has 1 saturated heterocycles. The number of hydrogen-bond donors (Lipinski definition) is 0. The van der Waals surface area contributed by atoms with Crippen LogP contribution in [0.3, 0.4) is 0 Å². The summed E-state index contributed by atoms with van der Waals surface area (Å²) in [4.78, 5) is 24.4. The predicted molar refractivity (Wildman–Crippen MR) is 73.5 cm³/mol. The van der Waals surface area contributed by atoms with Crippen molar-refractivity contribution in [1.29, 1.82) is 0 Å². The van der Waals surface area contributed by atoms with Gasteiger partial charge in [-0.3, -0.25) is 9.59 Å². The van der Waals surface area contributed by atoms with Crippen molar-refractivity contribution in [2.75, 3.05) is 6.54 Å². The number of hydrogen-bond acceptors (Lipinski definition) is 3. The normalized spacial score (nSPS) is 19.0. The molecule has 1 aliphatic rings. The molecule has 0 radical (unpaired) electrons. The highest BCUT2D eigenvalue weighted by atomic mass is 35.5. The third-order valence-corrected chi connectivity index (χ3v) is 4.26. The molecule has 19 heavy (non-hydrogen) atoms. The first-order valence-electron chi connectivity index (χ1n) is 5.85. The molecule has 0 N–H and O–H groups in total. The predicted octanol–water partition coefficient (Wildman–Crippen LogP) is 2.86. The van der Waals surface area contributed by atoms with Crippen LogP contribution in [0.4, 0.5) is 4.39 Å². The summed E-state index contributed by atoms with van der Waals surface area (Å²) in [5, 5.41) is 0.259. The van der Waals surface area contributed by atoms with Crippen molar-refractivity contribution in [2.24, 2.45) is 0 Å². The quantitative estimate of drug-likeness (QED) is 0.861. The third kappa shape index (κ3) is 3.48. The fourth-order valence-corrected chi connectivity index (χ4v) is 3.25. The fraction of sp³-hybridized carbons (Fsp3) is 0.385. The molecule has 0 saturated carbocycles. The van der Waals surface area contributed by atoms with Crippen LogP contribution in [0.5, 0.6) is 0 Å². The lowest BCUT2D eigenvalue weighted by atomic mass is 10.2. The van der Waals surface area contributed by atoms with Crippen LogP contribution in [0, 0.1) is 5.82 Å². The lowest BCUT2D eigenvalue weighted by Crippen LogP contribution is -2.25. The van der Waals surface area contributed by atoms with Crippen LogP contribution in [-0.4, -0.2) is 27.7 Å². The molecule has 3 nitrogen and oxygen atoms in total. The van der Waals surface area contributed by atoms with Gasteiger partial charge in [0.2, 0.25) is 5.91 Å². The second-order valence-corrected chi connectivity index (χ2v) is 6.29. The number of thioether (sulfide) groups is 1. The largest absolute Gasteiger partial charge is 0.337 e. The first-order chi connectivity index (χ1) is 8.97. The van der Waals surface area contributed by atoms with E-state index in [2.05, 4.69) is 0 Å². The van der Waals surface area contributed by atoms with E-state index in [0.717, 1.165) is 11.8 Å². The van der Waals surface area contributed by atoms with Crippen LogP contribution in [-0.2, 0) is 16.1 Å². The minimum Gasteiger partial charge on any atom is -0.337 e. The molecule has 1 atom stereocenters. The first kappa shape index (κ1) is 14.3. The molecule has 0 aliphatic carbocycles. The average molecular weight is 302 g/mol. The lowest BCUT2D eigenvalue weighted by molar-refractivity contribution is -0.128. The lowest BCUT2D eigenvalue weighted by Gasteiger charge is -2.17. The number of amides is 1. The van der Waals surface area contributed by atoms with Gasteiger partial charge in [-0.1, -0.05) is 29.4 Å². The maximum absolute atomic E-state index is 13.7. The van der Waals surface area contributed by atoms with Gasteiger partial charge in [-0.05, 0) is 12.1 Å². The Labute approximate surface area is 120 Å². The third-order valence-electron chi connectivity index (χ3n) is 2.92. The second-order valence-electron chi connectivity index (χ2n) is 4.41. The molecule has 1 unspecified atom stereocenters. The van der Waals surface area contributed by atoms with E-state index in [9.17, 15) is 14.0 Å². The van der Waals surface area contributed by atoms with E-state index < -0.39 is 5.82 Å². The number of likely N-dealkylation sites (tertiary alicyclic amines) is 1. The molecule has 1 heterocycles. The summed E-state index contributed by atoms with van der Waals surface area (Å²) in [5.74, 6) is -0.485. The van der Waals surface area contributed by atoms with Crippen LogP contribution < -0.4 is 0 Å². The van der Waals surface area contributed by atoms with E-state index in [1.54, 1.807) is 11.0 Å². The minimum absolute atomic E-state index is 0.0106. The van der Waals surface area contributed by atoms with Gasteiger partial charge in [0.1, 0.15) is 5.82 Å². The Kier molecular flexibility index (Phi) is 4.47. The van der Waals surface area contributed by atoms with Crippen molar-refractivity contribution >= 4 is 34.4 Å². The Hall–Kier alpha value is -1.07. The number of benzene rings is 1. The molecule has 1 amide bonds. The Morgan fingerprint density at radius 3 is 2.95 bits per heavy atom. The summed E-state index contributed by atoms with van der Waals surface area (Å²) in [6, 6.07) is 4.45. The van der Waals surface area contributed by atoms with Crippen LogP contribution in [0.1, 0.15) is 18.9 Å². The van der Waals surface area contributed by atoms with Crippen LogP contribution in [0.2, 0.25) is 5.02 Å². The molecule has 102 valence electrons. The van der Waals surface area contributed by atoms with E-state index in [4.69, 9.17) is 11.6 Å². The monoisotopic (exact) mass is 301 g/mol. The smallest absolute Gasteiger partial charge is 0.224 e. The molecule has 0 spiro atoms. The Morgan fingerprint density at radius 2 is 2.32 bits per heavy atom. The molecule has 1 fully saturated rings. The van der Waals surface area contributed by atoms with Gasteiger partial charge < -0.3 is 4.90 Å². The van der Waals surface area contributed by atoms with Crippen molar-refractivity contribution in [3.05, 3.63) is 34.6 Å². The highest BCUT2D eigenvalue weighted by Gasteiger charge is 2.31. The van der Waals surface area contributed by atoms with E-state index >= 15 is 0 Å². The Balaban J connectivity index is 2.08. The zero-order valence-corrected chi connectivity index (χ0v) is 11.9. The van der Waals surface area contributed by atoms with Gasteiger partial charge in [0, 0.05) is 35.7 Å². The van der Waals surface area contributed by atoms with Gasteiger partial charge >= 0.3 is 0 Å². The topological polar surface area (TPSA) is 37.4 Å². The van der Waals surface area contributed by atoms with Crippen LogP contribution in [0.25, 0.3) is 0 Å². The molecule has 1 aromatic rings. The fourth-order valence-electron chi connectivity index (χ4n) is 2.08. The number of carbonyl (C=O) groups is 2. The zero-order chi connectivity index (χ0) is 14.0. The van der Waals surface area contributed by atoms with E-state index in [1.807, 2.05) is 0 Å². The number of nitrogens with zero attached hydrogens (tertiary/aromatic N) is 1. The summed E-state index contributed by atoms with van der Waals surface area (Å²) in [7, 11) is 0. The molecule has 0 aromatic heterocycles. The summed E-state index contributed by atoms with van der Waals surface area (Å²) in [6.07, 6.45) is 0.316. The van der Waals surface area contributed by atoms with Crippen LogP contribution >= 0.6 is 23.4 Å². The zero-order valence-electron chi connectivity index (χ0n) is 10.4.